The van der Waals surface area contributed by atoms with Crippen molar-refractivity contribution in [1.29, 1.82) is 0 Å². The molecule has 2 fully saturated rings. The normalized spacial score (nSPS) is 44.8. The van der Waals surface area contributed by atoms with Gasteiger partial charge in [-0.05, 0) is 91.8 Å². The molecule has 0 aliphatic heterocycles. The van der Waals surface area contributed by atoms with Gasteiger partial charge < -0.3 is 9.84 Å². The number of allylic oxidation sites excluding steroid dienone is 2. The van der Waals surface area contributed by atoms with Crippen molar-refractivity contribution in [3.05, 3.63) is 11.1 Å². The molecule has 4 rings (SSSR count). The van der Waals surface area contributed by atoms with E-state index in [4.69, 9.17) is 4.74 Å². The number of rotatable bonds is 4. The maximum absolute atomic E-state index is 11.8. The lowest BCUT2D eigenvalue weighted by Gasteiger charge is -2.62. The molecule has 0 bridgehead atoms. The van der Waals surface area contributed by atoms with Crippen LogP contribution in [-0.2, 0) is 9.53 Å². The first-order chi connectivity index (χ1) is 14.4. The van der Waals surface area contributed by atoms with Gasteiger partial charge >= 0.3 is 5.97 Å². The number of carbonyl (C=O) groups excluding carboxylic acids is 1. The van der Waals surface area contributed by atoms with Crippen LogP contribution < -0.4 is 0 Å². The number of fused-ring (bicyclic) bond motifs is 4. The summed E-state index contributed by atoms with van der Waals surface area (Å²) in [6.45, 7) is 16.7. The summed E-state index contributed by atoms with van der Waals surface area (Å²) >= 11 is 0. The first-order valence-electron chi connectivity index (χ1n) is 12.9. The summed E-state index contributed by atoms with van der Waals surface area (Å²) in [6.07, 6.45) is 10.7. The third-order valence-corrected chi connectivity index (χ3v) is 11.3. The lowest BCUT2D eigenvalue weighted by atomic mass is 9.43. The summed E-state index contributed by atoms with van der Waals surface area (Å²) in [5.74, 6) is 1.77. The fraction of sp³-hybridized carbons (Fsp3) is 0.893. The van der Waals surface area contributed by atoms with E-state index in [0.29, 0.717) is 29.3 Å². The zero-order chi connectivity index (χ0) is 22.8. The van der Waals surface area contributed by atoms with E-state index in [0.717, 1.165) is 25.2 Å². The van der Waals surface area contributed by atoms with Crippen LogP contribution in [0.1, 0.15) is 106 Å². The molecule has 4 aliphatic carbocycles. The molecule has 3 nitrogen and oxygen atoms in total. The molecular weight excluding hydrogens is 384 g/mol. The second kappa shape index (κ2) is 7.61. The lowest BCUT2D eigenvalue weighted by Crippen LogP contribution is -2.55. The molecule has 4 aliphatic rings. The first kappa shape index (κ1) is 23.3. The van der Waals surface area contributed by atoms with Gasteiger partial charge in [-0.2, -0.15) is 0 Å². The van der Waals surface area contributed by atoms with Crippen molar-refractivity contribution in [2.45, 2.75) is 112 Å². The van der Waals surface area contributed by atoms with E-state index in [9.17, 15) is 9.90 Å². The van der Waals surface area contributed by atoms with Crippen LogP contribution in [0.15, 0.2) is 11.1 Å². The Morgan fingerprint density at radius 3 is 2.39 bits per heavy atom. The van der Waals surface area contributed by atoms with Crippen LogP contribution in [0.2, 0.25) is 0 Å². The Hall–Kier alpha value is -0.830. The number of ether oxygens (including phenoxy) is 1. The van der Waals surface area contributed by atoms with Crippen LogP contribution in [0.4, 0.5) is 0 Å². The van der Waals surface area contributed by atoms with E-state index in [-0.39, 0.29) is 22.9 Å². The maximum Gasteiger partial charge on any atom is 0.302 e. The minimum atomic E-state index is -0.132. The molecule has 0 unspecified atom stereocenters. The molecule has 0 aromatic carbocycles. The molecule has 0 saturated heterocycles. The van der Waals surface area contributed by atoms with Crippen molar-refractivity contribution >= 4 is 5.97 Å². The Kier molecular flexibility index (Phi) is 5.72. The molecule has 2 saturated carbocycles. The molecule has 0 aromatic rings. The van der Waals surface area contributed by atoms with Crippen molar-refractivity contribution in [2.24, 2.45) is 39.4 Å². The van der Waals surface area contributed by atoms with Crippen LogP contribution in [-0.4, -0.2) is 23.8 Å². The van der Waals surface area contributed by atoms with Crippen LogP contribution in [0.5, 0.6) is 0 Å². The molecule has 0 amide bonds. The highest BCUT2D eigenvalue weighted by molar-refractivity contribution is 5.66. The minimum Gasteiger partial charge on any atom is -0.462 e. The fourth-order valence-electron chi connectivity index (χ4n) is 9.43. The molecule has 1 N–H and O–H groups in total. The summed E-state index contributed by atoms with van der Waals surface area (Å²) in [5, 5.41) is 9.58. The second-order valence-electron chi connectivity index (χ2n) is 12.8. The van der Waals surface area contributed by atoms with Gasteiger partial charge in [0.1, 0.15) is 6.10 Å². The fourth-order valence-corrected chi connectivity index (χ4v) is 9.43. The third-order valence-electron chi connectivity index (χ3n) is 11.3. The van der Waals surface area contributed by atoms with E-state index in [2.05, 4.69) is 41.5 Å². The molecule has 0 aromatic heterocycles. The second-order valence-corrected chi connectivity index (χ2v) is 12.8. The molecule has 0 spiro atoms. The van der Waals surface area contributed by atoms with Gasteiger partial charge in [-0.15, -0.1) is 0 Å². The highest BCUT2D eigenvalue weighted by atomic mass is 16.5. The first-order valence-corrected chi connectivity index (χ1v) is 12.9. The number of hydrogen-bond acceptors (Lipinski definition) is 3. The average Bonchev–Trinajstić information content (AvgIpc) is 2.96. The van der Waals surface area contributed by atoms with Gasteiger partial charge in [-0.3, -0.25) is 4.79 Å². The predicted octanol–water partition coefficient (Wildman–Crippen LogP) is 6.69. The van der Waals surface area contributed by atoms with Gasteiger partial charge in [0, 0.05) is 18.9 Å². The van der Waals surface area contributed by atoms with Crippen molar-refractivity contribution < 1.29 is 14.6 Å². The highest BCUT2D eigenvalue weighted by Gasteiger charge is 2.63. The third kappa shape index (κ3) is 3.19. The van der Waals surface area contributed by atoms with Gasteiger partial charge in [0.05, 0.1) is 0 Å². The smallest absolute Gasteiger partial charge is 0.302 e. The standard InChI is InChI=1S/C28H46O3/c1-18(13-17-29)20-10-15-28(7)22-8-9-23-25(3,4)24(31-19(2)30)12-14-26(23,5)21(22)11-16-27(20,28)6/h18,20,23-24,29H,8-17H2,1-7H3/t18-,20-,23+,24+,26-,27-,28+/m1/s1. The minimum absolute atomic E-state index is 0.0205. The number of esters is 1. The molecule has 3 heteroatoms. The van der Waals surface area contributed by atoms with E-state index in [1.54, 1.807) is 18.1 Å². The van der Waals surface area contributed by atoms with Crippen LogP contribution >= 0.6 is 0 Å². The molecule has 0 radical (unpaired) electrons. The number of hydrogen-bond donors (Lipinski definition) is 1. The molecule has 7 atom stereocenters. The number of carbonyl (C=O) groups is 1. The Morgan fingerprint density at radius 2 is 1.74 bits per heavy atom. The summed E-state index contributed by atoms with van der Waals surface area (Å²) in [5.41, 5.74) is 4.52. The monoisotopic (exact) mass is 430 g/mol. The Bertz CT molecular complexity index is 766. The van der Waals surface area contributed by atoms with Crippen molar-refractivity contribution in [2.75, 3.05) is 6.61 Å². The quantitative estimate of drug-likeness (QED) is 0.399. The van der Waals surface area contributed by atoms with Gasteiger partial charge in [0.25, 0.3) is 0 Å². The molecule has 176 valence electrons. The highest BCUT2D eigenvalue weighted by Crippen LogP contribution is 2.72. The van der Waals surface area contributed by atoms with E-state index in [1.807, 2.05) is 0 Å². The van der Waals surface area contributed by atoms with Crippen molar-refractivity contribution in [3.8, 4) is 0 Å². The van der Waals surface area contributed by atoms with Crippen LogP contribution in [0.25, 0.3) is 0 Å². The Morgan fingerprint density at radius 1 is 1.03 bits per heavy atom. The molecule has 31 heavy (non-hydrogen) atoms. The average molecular weight is 431 g/mol. The van der Waals surface area contributed by atoms with Crippen LogP contribution in [0.3, 0.4) is 0 Å². The van der Waals surface area contributed by atoms with Crippen molar-refractivity contribution in [3.63, 3.8) is 0 Å². The molecule has 0 heterocycles. The van der Waals surface area contributed by atoms with E-state index < -0.39 is 0 Å². The summed E-state index contributed by atoms with van der Waals surface area (Å²) in [6, 6.07) is 0. The van der Waals surface area contributed by atoms with Gasteiger partial charge in [-0.1, -0.05) is 52.7 Å². The zero-order valence-electron chi connectivity index (χ0n) is 21.1. The predicted molar refractivity (Wildman–Crippen MR) is 125 cm³/mol. The van der Waals surface area contributed by atoms with Gasteiger partial charge in [0.2, 0.25) is 0 Å². The largest absolute Gasteiger partial charge is 0.462 e. The Balaban J connectivity index is 1.70. The topological polar surface area (TPSA) is 46.5 Å². The van der Waals surface area contributed by atoms with E-state index >= 15 is 0 Å². The number of aliphatic hydroxyl groups excluding tert-OH is 1. The SMILES string of the molecule is CC(=O)O[C@H]1CC[C@]2(C)C3=C(CC[C@H]2C1(C)C)[C@]1(C)CC[C@H]([C@H](C)CCO)[C@@]1(C)CC3. The zero-order valence-corrected chi connectivity index (χ0v) is 21.1. The van der Waals surface area contributed by atoms with Crippen molar-refractivity contribution in [1.82, 2.24) is 0 Å². The summed E-state index contributed by atoms with van der Waals surface area (Å²) in [7, 11) is 0. The van der Waals surface area contributed by atoms with Gasteiger partial charge in [-0.25, -0.2) is 0 Å². The Labute approximate surface area is 190 Å². The summed E-state index contributed by atoms with van der Waals surface area (Å²) in [4.78, 5) is 11.8. The maximum atomic E-state index is 11.8. The van der Waals surface area contributed by atoms with Crippen LogP contribution in [0, 0.1) is 39.4 Å². The summed E-state index contributed by atoms with van der Waals surface area (Å²) < 4.78 is 5.83. The number of aliphatic hydroxyl groups is 1. The van der Waals surface area contributed by atoms with Gasteiger partial charge in [0.15, 0.2) is 0 Å². The van der Waals surface area contributed by atoms with E-state index in [1.165, 1.54) is 38.5 Å². The molecular formula is C28H46O3. The lowest BCUT2D eigenvalue weighted by molar-refractivity contribution is -0.167.